The molecular formula is C35H36F2N4O4. The molecule has 3 amide bonds. The first-order chi connectivity index (χ1) is 21.7. The van der Waals surface area contributed by atoms with E-state index < -0.39 is 41.4 Å². The fourth-order valence-electron chi connectivity index (χ4n) is 4.65. The number of hydrogen-bond donors (Lipinski definition) is 4. The van der Waals surface area contributed by atoms with Crippen molar-refractivity contribution in [1.29, 1.82) is 0 Å². The first-order valence-electron chi connectivity index (χ1n) is 14.6. The molecule has 5 N–H and O–H groups in total. The zero-order valence-corrected chi connectivity index (χ0v) is 24.9. The topological polar surface area (TPSA) is 123 Å². The number of carbonyl (C=O) groups is 3. The van der Waals surface area contributed by atoms with Crippen LogP contribution in [-0.2, 0) is 35.5 Å². The Morgan fingerprint density at radius 2 is 1.31 bits per heavy atom. The molecule has 45 heavy (non-hydrogen) atoms. The summed E-state index contributed by atoms with van der Waals surface area (Å²) in [5, 5.41) is 8.32. The summed E-state index contributed by atoms with van der Waals surface area (Å²) in [6.07, 6.45) is 0.248. The minimum absolute atomic E-state index is 0.0564. The molecule has 8 nitrogen and oxygen atoms in total. The second kappa shape index (κ2) is 16.1. The molecule has 0 aliphatic rings. The van der Waals surface area contributed by atoms with Gasteiger partial charge in [-0.15, -0.1) is 0 Å². The summed E-state index contributed by atoms with van der Waals surface area (Å²) in [5.74, 6) is -3.45. The summed E-state index contributed by atoms with van der Waals surface area (Å²) in [5.41, 5.74) is 8.86. The van der Waals surface area contributed by atoms with Crippen LogP contribution >= 0.6 is 0 Å². The predicted octanol–water partition coefficient (Wildman–Crippen LogP) is 4.21. The van der Waals surface area contributed by atoms with Crippen molar-refractivity contribution >= 4 is 17.7 Å². The molecule has 0 aliphatic carbocycles. The Kier molecular flexibility index (Phi) is 11.8. The lowest BCUT2D eigenvalue weighted by Gasteiger charge is -2.24. The predicted molar refractivity (Wildman–Crippen MR) is 167 cm³/mol. The number of nitrogens with one attached hydrogen (secondary N) is 3. The van der Waals surface area contributed by atoms with Gasteiger partial charge >= 0.3 is 0 Å². The highest BCUT2D eigenvalue weighted by atomic mass is 19.2. The highest BCUT2D eigenvalue weighted by molar-refractivity contribution is 5.98. The highest BCUT2D eigenvalue weighted by Gasteiger charge is 2.28. The third-order valence-electron chi connectivity index (χ3n) is 7.12. The van der Waals surface area contributed by atoms with Gasteiger partial charge in [0.15, 0.2) is 11.6 Å². The first kappa shape index (κ1) is 32.8. The number of benzene rings is 4. The molecule has 0 aliphatic heterocycles. The van der Waals surface area contributed by atoms with Crippen molar-refractivity contribution in [3.63, 3.8) is 0 Å². The molecule has 10 heteroatoms. The first-order valence-corrected chi connectivity index (χ1v) is 14.6. The van der Waals surface area contributed by atoms with Gasteiger partial charge in [0.05, 0.1) is 6.61 Å². The number of halogens is 2. The number of carbonyl (C=O) groups excluding carboxylic acids is 3. The number of amides is 3. The Hall–Kier alpha value is -5.09. The van der Waals surface area contributed by atoms with Crippen LogP contribution in [-0.4, -0.2) is 36.4 Å². The van der Waals surface area contributed by atoms with Crippen LogP contribution in [0.5, 0.6) is 5.75 Å². The average Bonchev–Trinajstić information content (AvgIpc) is 3.05. The lowest BCUT2D eigenvalue weighted by atomic mass is 10.0. The number of nitrogens with two attached hydrogens (primary N) is 1. The van der Waals surface area contributed by atoms with Crippen LogP contribution in [0.4, 0.5) is 8.78 Å². The van der Waals surface area contributed by atoms with Crippen LogP contribution < -0.4 is 26.4 Å². The number of hydrogen-bond acceptors (Lipinski definition) is 5. The maximum absolute atomic E-state index is 13.9. The van der Waals surface area contributed by atoms with Gasteiger partial charge in [0.1, 0.15) is 17.8 Å². The van der Waals surface area contributed by atoms with E-state index >= 15 is 0 Å². The van der Waals surface area contributed by atoms with Gasteiger partial charge in [-0.2, -0.15) is 0 Å². The van der Waals surface area contributed by atoms with Crippen LogP contribution in [0.15, 0.2) is 97.1 Å². The highest BCUT2D eigenvalue weighted by Crippen LogP contribution is 2.15. The van der Waals surface area contributed by atoms with E-state index in [1.807, 2.05) is 61.5 Å². The normalized spacial score (nSPS) is 12.1. The van der Waals surface area contributed by atoms with Crippen LogP contribution in [0, 0.1) is 11.6 Å². The molecule has 0 bridgehead atoms. The van der Waals surface area contributed by atoms with Crippen molar-refractivity contribution in [1.82, 2.24) is 16.0 Å². The van der Waals surface area contributed by atoms with Crippen molar-refractivity contribution in [2.75, 3.05) is 6.61 Å². The molecule has 0 saturated heterocycles. The van der Waals surface area contributed by atoms with E-state index in [1.54, 1.807) is 24.3 Å². The number of rotatable bonds is 14. The molecule has 234 valence electrons. The molecule has 0 spiro atoms. The summed E-state index contributed by atoms with van der Waals surface area (Å²) >= 11 is 0. The van der Waals surface area contributed by atoms with Crippen molar-refractivity contribution < 1.29 is 27.9 Å². The maximum atomic E-state index is 13.9. The lowest BCUT2D eigenvalue weighted by molar-refractivity contribution is -0.130. The zero-order valence-electron chi connectivity index (χ0n) is 24.9. The van der Waals surface area contributed by atoms with Gasteiger partial charge in [-0.25, -0.2) is 8.78 Å². The van der Waals surface area contributed by atoms with Gasteiger partial charge in [-0.3, -0.25) is 14.4 Å². The summed E-state index contributed by atoms with van der Waals surface area (Å²) in [7, 11) is 0. The fourth-order valence-corrected chi connectivity index (χ4v) is 4.65. The SMILES string of the molecule is CCOc1ccc(C[C@@H](NC(=O)c2ccc(F)c(F)c2)C(=O)N[C@@H](Cc2ccccc2)C(=O)NCc2ccc(CN)cc2)cc1. The molecule has 2 atom stereocenters. The van der Waals surface area contributed by atoms with Gasteiger partial charge in [-0.1, -0.05) is 66.7 Å². The van der Waals surface area contributed by atoms with E-state index in [4.69, 9.17) is 10.5 Å². The van der Waals surface area contributed by atoms with Crippen LogP contribution in [0.2, 0.25) is 0 Å². The molecule has 0 aromatic heterocycles. The smallest absolute Gasteiger partial charge is 0.252 e. The molecule has 0 saturated carbocycles. The number of ether oxygens (including phenoxy) is 1. The van der Waals surface area contributed by atoms with Crippen molar-refractivity contribution in [3.8, 4) is 5.75 Å². The summed E-state index contributed by atoms with van der Waals surface area (Å²) in [4.78, 5) is 40.3. The van der Waals surface area contributed by atoms with E-state index in [-0.39, 0.29) is 24.9 Å². The minimum atomic E-state index is -1.19. The van der Waals surface area contributed by atoms with Gasteiger partial charge in [-0.05, 0) is 59.5 Å². The Bertz CT molecular complexity index is 1580. The van der Waals surface area contributed by atoms with E-state index in [0.29, 0.717) is 24.5 Å². The van der Waals surface area contributed by atoms with Crippen molar-refractivity contribution in [2.45, 2.75) is 44.9 Å². The van der Waals surface area contributed by atoms with Gasteiger partial charge in [0.2, 0.25) is 11.8 Å². The maximum Gasteiger partial charge on any atom is 0.252 e. The Morgan fingerprint density at radius 3 is 1.93 bits per heavy atom. The third kappa shape index (κ3) is 9.70. The molecule has 0 fully saturated rings. The van der Waals surface area contributed by atoms with Gasteiger partial charge in [0, 0.05) is 31.5 Å². The van der Waals surface area contributed by atoms with Gasteiger partial charge < -0.3 is 26.4 Å². The van der Waals surface area contributed by atoms with E-state index in [9.17, 15) is 23.2 Å². The molecule has 0 unspecified atom stereocenters. The Labute approximate surface area is 261 Å². The largest absolute Gasteiger partial charge is 0.494 e. The fraction of sp³-hybridized carbons (Fsp3) is 0.229. The molecule has 4 aromatic carbocycles. The standard InChI is InChI=1S/C35H36F2N4O4/c1-2-45-28-15-12-24(13-16-28)19-32(40-33(42)27-14-17-29(36)30(37)20-27)35(44)41-31(18-23-6-4-3-5-7-23)34(43)39-22-26-10-8-25(21-38)9-11-26/h3-17,20,31-32H,2,18-19,21-22,38H2,1H3,(H,39,43)(H,40,42)(H,41,44)/t31-,32+/m0/s1. The second-order valence-electron chi connectivity index (χ2n) is 10.4. The van der Waals surface area contributed by atoms with E-state index in [1.165, 1.54) is 0 Å². The minimum Gasteiger partial charge on any atom is -0.494 e. The van der Waals surface area contributed by atoms with E-state index in [2.05, 4.69) is 16.0 Å². The summed E-state index contributed by atoms with van der Waals surface area (Å²) in [6, 6.07) is 24.3. The van der Waals surface area contributed by atoms with Crippen molar-refractivity contribution in [3.05, 3.63) is 137 Å². The zero-order chi connectivity index (χ0) is 32.2. The van der Waals surface area contributed by atoms with Crippen LogP contribution in [0.3, 0.4) is 0 Å². The monoisotopic (exact) mass is 614 g/mol. The van der Waals surface area contributed by atoms with E-state index in [0.717, 1.165) is 34.9 Å². The summed E-state index contributed by atoms with van der Waals surface area (Å²) in [6.45, 7) is 2.98. The van der Waals surface area contributed by atoms with Gasteiger partial charge in [0.25, 0.3) is 5.91 Å². The molecule has 4 aromatic rings. The molecular weight excluding hydrogens is 578 g/mol. The Balaban J connectivity index is 1.55. The lowest BCUT2D eigenvalue weighted by Crippen LogP contribution is -2.55. The second-order valence-corrected chi connectivity index (χ2v) is 10.4. The van der Waals surface area contributed by atoms with Crippen molar-refractivity contribution in [2.24, 2.45) is 5.73 Å². The molecule has 4 rings (SSSR count). The molecule has 0 heterocycles. The van der Waals surface area contributed by atoms with Crippen LogP contribution in [0.1, 0.15) is 39.5 Å². The third-order valence-corrected chi connectivity index (χ3v) is 7.12. The van der Waals surface area contributed by atoms with Crippen LogP contribution in [0.25, 0.3) is 0 Å². The quantitative estimate of drug-likeness (QED) is 0.170. The molecule has 0 radical (unpaired) electrons. The Morgan fingerprint density at radius 1 is 0.711 bits per heavy atom. The average molecular weight is 615 g/mol. The summed E-state index contributed by atoms with van der Waals surface area (Å²) < 4.78 is 32.9.